The second-order valence-corrected chi connectivity index (χ2v) is 12.3. The highest BCUT2D eigenvalue weighted by molar-refractivity contribution is 6.05. The number of nitrogens with zero attached hydrogens (tertiary/aromatic N) is 2. The number of hydrogen-bond acceptors (Lipinski definition) is 4. The molecule has 3 aromatic carbocycles. The molecule has 1 aromatic heterocycles. The van der Waals surface area contributed by atoms with E-state index >= 15 is 0 Å². The molecule has 1 atom stereocenters. The zero-order valence-electron chi connectivity index (χ0n) is 24.1. The molecule has 0 bridgehead atoms. The SMILES string of the molecule is CC(C)(C)OC(=O)N1CCC[C@H]1C(=O)Nc1cccc2cc(-c3ccc(-c4cnc(C5CCCC5)[nH]4)cc3)ccc12. The molecule has 2 fully saturated rings. The van der Waals surface area contributed by atoms with E-state index in [1.165, 1.54) is 25.7 Å². The van der Waals surface area contributed by atoms with E-state index in [-0.39, 0.29) is 5.91 Å². The minimum atomic E-state index is -0.605. The quantitative estimate of drug-likeness (QED) is 0.264. The first-order chi connectivity index (χ1) is 19.7. The Hall–Kier alpha value is -4.13. The van der Waals surface area contributed by atoms with Gasteiger partial charge in [-0.05, 0) is 80.7 Å². The number of likely N-dealkylation sites (tertiary alicyclic amines) is 1. The summed E-state index contributed by atoms with van der Waals surface area (Å²) in [5.74, 6) is 1.50. The number of benzene rings is 3. The fourth-order valence-electron chi connectivity index (χ4n) is 6.10. The van der Waals surface area contributed by atoms with Gasteiger partial charge in [0.2, 0.25) is 5.91 Å². The average molecular weight is 551 g/mol. The summed E-state index contributed by atoms with van der Waals surface area (Å²) in [4.78, 5) is 35.7. The Kier molecular flexibility index (Phi) is 7.28. The Bertz CT molecular complexity index is 1560. The van der Waals surface area contributed by atoms with Crippen molar-refractivity contribution in [3.05, 3.63) is 72.7 Å². The minimum absolute atomic E-state index is 0.185. The van der Waals surface area contributed by atoms with Crippen LogP contribution in [0.5, 0.6) is 0 Å². The van der Waals surface area contributed by atoms with Crippen LogP contribution in [0.2, 0.25) is 0 Å². The van der Waals surface area contributed by atoms with Crippen molar-refractivity contribution >= 4 is 28.5 Å². The van der Waals surface area contributed by atoms with E-state index < -0.39 is 17.7 Å². The summed E-state index contributed by atoms with van der Waals surface area (Å²) < 4.78 is 5.53. The van der Waals surface area contributed by atoms with Crippen molar-refractivity contribution in [1.29, 1.82) is 0 Å². The molecule has 1 aliphatic carbocycles. The lowest BCUT2D eigenvalue weighted by molar-refractivity contribution is -0.120. The summed E-state index contributed by atoms with van der Waals surface area (Å²) in [6.45, 7) is 6.02. The van der Waals surface area contributed by atoms with Crippen LogP contribution in [0.15, 0.2) is 66.9 Å². The van der Waals surface area contributed by atoms with Gasteiger partial charge in [0, 0.05) is 23.5 Å². The molecule has 41 heavy (non-hydrogen) atoms. The van der Waals surface area contributed by atoms with Crippen LogP contribution in [0.25, 0.3) is 33.2 Å². The molecule has 1 saturated heterocycles. The van der Waals surface area contributed by atoms with Crippen LogP contribution in [0.1, 0.15) is 71.0 Å². The van der Waals surface area contributed by atoms with Crippen LogP contribution in [0.4, 0.5) is 10.5 Å². The fraction of sp³-hybridized carbons (Fsp3) is 0.382. The molecule has 1 aliphatic heterocycles. The van der Waals surface area contributed by atoms with Gasteiger partial charge in [0.15, 0.2) is 0 Å². The van der Waals surface area contributed by atoms with Crippen LogP contribution in [-0.4, -0.2) is 45.1 Å². The van der Waals surface area contributed by atoms with Gasteiger partial charge in [-0.2, -0.15) is 0 Å². The molecular formula is C34H38N4O3. The zero-order valence-corrected chi connectivity index (χ0v) is 24.1. The van der Waals surface area contributed by atoms with E-state index in [0.29, 0.717) is 18.9 Å². The van der Waals surface area contributed by atoms with Gasteiger partial charge in [0.1, 0.15) is 17.5 Å². The first-order valence-corrected chi connectivity index (χ1v) is 14.7. The second kappa shape index (κ2) is 11.0. The Labute approximate surface area is 241 Å². The first-order valence-electron chi connectivity index (χ1n) is 14.7. The number of ether oxygens (including phenoxy) is 1. The van der Waals surface area contributed by atoms with Crippen molar-refractivity contribution in [3.63, 3.8) is 0 Å². The number of aromatic nitrogens is 2. The molecule has 4 aromatic rings. The third kappa shape index (κ3) is 5.85. The monoisotopic (exact) mass is 550 g/mol. The van der Waals surface area contributed by atoms with Gasteiger partial charge in [0.25, 0.3) is 0 Å². The summed E-state index contributed by atoms with van der Waals surface area (Å²) in [5.41, 5.74) is 4.55. The molecule has 2 aliphatic rings. The zero-order chi connectivity index (χ0) is 28.6. The van der Waals surface area contributed by atoms with Gasteiger partial charge in [0.05, 0.1) is 11.9 Å². The fourth-order valence-corrected chi connectivity index (χ4v) is 6.10. The Morgan fingerprint density at radius 1 is 0.927 bits per heavy atom. The van der Waals surface area contributed by atoms with Crippen molar-refractivity contribution < 1.29 is 14.3 Å². The number of carbonyl (C=O) groups excluding carboxylic acids is 2. The smallest absolute Gasteiger partial charge is 0.410 e. The van der Waals surface area contributed by atoms with Crippen LogP contribution in [0.3, 0.4) is 0 Å². The van der Waals surface area contributed by atoms with Crippen LogP contribution >= 0.6 is 0 Å². The highest BCUT2D eigenvalue weighted by Crippen LogP contribution is 2.34. The van der Waals surface area contributed by atoms with Gasteiger partial charge in [-0.3, -0.25) is 9.69 Å². The number of imidazole rings is 1. The molecule has 2 N–H and O–H groups in total. The maximum Gasteiger partial charge on any atom is 0.410 e. The minimum Gasteiger partial charge on any atom is -0.444 e. The number of amides is 2. The number of nitrogens with one attached hydrogen (secondary N) is 2. The molecule has 7 nitrogen and oxygen atoms in total. The Balaban J connectivity index is 1.17. The number of anilines is 1. The van der Waals surface area contributed by atoms with Gasteiger partial charge in [-0.1, -0.05) is 61.4 Å². The van der Waals surface area contributed by atoms with Crippen molar-refractivity contribution in [2.24, 2.45) is 0 Å². The number of hydrogen-bond donors (Lipinski definition) is 2. The van der Waals surface area contributed by atoms with E-state index in [4.69, 9.17) is 4.74 Å². The van der Waals surface area contributed by atoms with Crippen molar-refractivity contribution in [2.75, 3.05) is 11.9 Å². The standard InChI is InChI=1S/C34H38N4O3/c1-34(2,3)41-33(40)38-19-7-12-30(38)32(39)37-28-11-6-10-26-20-25(17-18-27(26)28)22-13-15-23(16-14-22)29-21-35-31(36-29)24-8-4-5-9-24/h6,10-11,13-18,20-21,24,30H,4-5,7-9,12,19H2,1-3H3,(H,35,36)(H,37,39)/t30-/m0/s1. The van der Waals surface area contributed by atoms with Gasteiger partial charge in [-0.25, -0.2) is 9.78 Å². The van der Waals surface area contributed by atoms with E-state index in [1.807, 2.05) is 39.1 Å². The van der Waals surface area contributed by atoms with E-state index in [2.05, 4.69) is 63.8 Å². The lowest BCUT2D eigenvalue weighted by Crippen LogP contribution is -2.45. The third-order valence-corrected chi connectivity index (χ3v) is 8.19. The first kappa shape index (κ1) is 27.1. The van der Waals surface area contributed by atoms with Crippen LogP contribution < -0.4 is 5.32 Å². The van der Waals surface area contributed by atoms with E-state index in [1.54, 1.807) is 4.90 Å². The van der Waals surface area contributed by atoms with Crippen LogP contribution in [-0.2, 0) is 9.53 Å². The lowest BCUT2D eigenvalue weighted by atomic mass is 9.99. The Morgan fingerprint density at radius 3 is 2.41 bits per heavy atom. The molecule has 2 amide bonds. The second-order valence-electron chi connectivity index (χ2n) is 12.3. The lowest BCUT2D eigenvalue weighted by Gasteiger charge is -2.28. The van der Waals surface area contributed by atoms with E-state index in [9.17, 15) is 9.59 Å². The van der Waals surface area contributed by atoms with Crippen molar-refractivity contribution in [3.8, 4) is 22.4 Å². The summed E-state index contributed by atoms with van der Waals surface area (Å²) in [6, 6.07) is 20.2. The largest absolute Gasteiger partial charge is 0.444 e. The molecule has 212 valence electrons. The molecule has 6 rings (SSSR count). The molecule has 0 unspecified atom stereocenters. The number of carbonyl (C=O) groups is 2. The maximum absolute atomic E-state index is 13.3. The molecule has 1 saturated carbocycles. The topological polar surface area (TPSA) is 87.3 Å². The number of aromatic amines is 1. The molecular weight excluding hydrogens is 512 g/mol. The highest BCUT2D eigenvalue weighted by atomic mass is 16.6. The summed E-state index contributed by atoms with van der Waals surface area (Å²) in [5, 5.41) is 5.08. The number of rotatable bonds is 5. The van der Waals surface area contributed by atoms with Crippen LogP contribution in [0, 0.1) is 0 Å². The number of fused-ring (bicyclic) bond motifs is 1. The normalized spacial score (nSPS) is 17.7. The van der Waals surface area contributed by atoms with E-state index in [0.717, 1.165) is 51.1 Å². The molecule has 0 spiro atoms. The summed E-state index contributed by atoms with van der Waals surface area (Å²) in [7, 11) is 0. The van der Waals surface area contributed by atoms with Gasteiger partial charge in [-0.15, -0.1) is 0 Å². The predicted octanol–water partition coefficient (Wildman–Crippen LogP) is 7.89. The van der Waals surface area contributed by atoms with Crippen molar-refractivity contribution in [2.45, 2.75) is 76.9 Å². The predicted molar refractivity (Wildman–Crippen MR) is 163 cm³/mol. The van der Waals surface area contributed by atoms with Gasteiger partial charge >= 0.3 is 6.09 Å². The van der Waals surface area contributed by atoms with Crippen molar-refractivity contribution in [1.82, 2.24) is 14.9 Å². The maximum atomic E-state index is 13.3. The average Bonchev–Trinajstić information content (AvgIpc) is 3.74. The third-order valence-electron chi connectivity index (χ3n) is 8.19. The summed E-state index contributed by atoms with van der Waals surface area (Å²) in [6.07, 6.45) is 7.95. The number of H-pyrrole nitrogens is 1. The molecule has 2 heterocycles. The molecule has 0 radical (unpaired) electrons. The molecule has 7 heteroatoms. The Morgan fingerprint density at radius 2 is 1.66 bits per heavy atom. The highest BCUT2D eigenvalue weighted by Gasteiger charge is 2.36. The summed E-state index contributed by atoms with van der Waals surface area (Å²) >= 11 is 0. The van der Waals surface area contributed by atoms with Gasteiger partial charge < -0.3 is 15.0 Å².